The van der Waals surface area contributed by atoms with Gasteiger partial charge in [-0.15, -0.1) is 10.2 Å². The van der Waals surface area contributed by atoms with E-state index in [1.807, 2.05) is 24.3 Å². The van der Waals surface area contributed by atoms with Crippen LogP contribution in [0.5, 0.6) is 0 Å². The lowest BCUT2D eigenvalue weighted by atomic mass is 10.1. The molecule has 0 radical (unpaired) electrons. The van der Waals surface area contributed by atoms with Gasteiger partial charge in [-0.1, -0.05) is 23.5 Å². The molecule has 2 N–H and O–H groups in total. The maximum atomic E-state index is 12.9. The lowest BCUT2D eigenvalue weighted by Crippen LogP contribution is -2.12. The standard InChI is InChI=1S/C22H18N8O3S2/c1-13-21(34-22(24-13)25-14(2)31)35(32,33)29-17-7-5-15(6-8-17)18-9-10-19-26-27-20(30(19)28-18)16-4-3-11-23-12-16/h3-12,29H,1-2H3,(H,24,25,31). The van der Waals surface area contributed by atoms with Crippen molar-refractivity contribution in [3.63, 3.8) is 0 Å². The van der Waals surface area contributed by atoms with Crippen molar-refractivity contribution in [2.24, 2.45) is 0 Å². The molecular weight excluding hydrogens is 488 g/mol. The van der Waals surface area contributed by atoms with E-state index in [0.29, 0.717) is 28.5 Å². The van der Waals surface area contributed by atoms with Crippen LogP contribution in [0.2, 0.25) is 0 Å². The van der Waals surface area contributed by atoms with E-state index in [1.165, 1.54) is 6.92 Å². The Labute approximate surface area is 204 Å². The molecule has 13 heteroatoms. The van der Waals surface area contributed by atoms with Gasteiger partial charge in [0.2, 0.25) is 5.91 Å². The number of anilines is 2. The maximum Gasteiger partial charge on any atom is 0.273 e. The molecule has 0 atom stereocenters. The summed E-state index contributed by atoms with van der Waals surface area (Å²) in [5.74, 6) is 0.245. The topological polar surface area (TPSA) is 144 Å². The number of aromatic nitrogens is 6. The molecule has 0 fully saturated rings. The number of carbonyl (C=O) groups excluding carboxylic acids is 1. The Bertz CT molecular complexity index is 1650. The Hall–Kier alpha value is -4.23. The van der Waals surface area contributed by atoms with Crippen LogP contribution in [0.4, 0.5) is 10.8 Å². The minimum absolute atomic E-state index is 0.0352. The molecule has 4 heterocycles. The van der Waals surface area contributed by atoms with Crippen LogP contribution in [0.15, 0.2) is 65.1 Å². The Morgan fingerprint density at radius 1 is 1.03 bits per heavy atom. The summed E-state index contributed by atoms with van der Waals surface area (Å²) in [6.45, 7) is 2.91. The molecule has 0 aliphatic heterocycles. The van der Waals surface area contributed by atoms with Gasteiger partial charge in [0.25, 0.3) is 10.0 Å². The van der Waals surface area contributed by atoms with Crippen LogP contribution < -0.4 is 10.0 Å². The zero-order valence-electron chi connectivity index (χ0n) is 18.5. The first-order valence-corrected chi connectivity index (χ1v) is 12.6. The van der Waals surface area contributed by atoms with Gasteiger partial charge in [0.15, 0.2) is 20.8 Å². The second kappa shape index (κ2) is 8.85. The number of thiazole rings is 1. The number of carbonyl (C=O) groups is 1. The Morgan fingerprint density at radius 3 is 2.54 bits per heavy atom. The summed E-state index contributed by atoms with van der Waals surface area (Å²) >= 11 is 0.893. The predicted molar refractivity (Wildman–Crippen MR) is 131 cm³/mol. The number of rotatable bonds is 6. The number of sulfonamides is 1. The number of pyridine rings is 1. The van der Waals surface area contributed by atoms with Crippen molar-refractivity contribution >= 4 is 43.7 Å². The van der Waals surface area contributed by atoms with Crippen LogP contribution in [0.3, 0.4) is 0 Å². The van der Waals surface area contributed by atoms with Gasteiger partial charge in [0.1, 0.15) is 0 Å². The van der Waals surface area contributed by atoms with E-state index in [1.54, 1.807) is 48.1 Å². The Balaban J connectivity index is 1.40. The van der Waals surface area contributed by atoms with E-state index in [0.717, 1.165) is 22.5 Å². The quantitative estimate of drug-likeness (QED) is 0.357. The Morgan fingerprint density at radius 2 is 1.83 bits per heavy atom. The molecule has 0 saturated heterocycles. The van der Waals surface area contributed by atoms with Gasteiger partial charge >= 0.3 is 0 Å². The fraction of sp³-hybridized carbons (Fsp3) is 0.0909. The molecule has 5 aromatic rings. The summed E-state index contributed by atoms with van der Waals surface area (Å²) < 4.78 is 30.0. The fourth-order valence-electron chi connectivity index (χ4n) is 3.36. The first kappa shape index (κ1) is 22.6. The highest BCUT2D eigenvalue weighted by Crippen LogP contribution is 2.29. The summed E-state index contributed by atoms with van der Waals surface area (Å²) in [7, 11) is -3.88. The predicted octanol–water partition coefficient (Wildman–Crippen LogP) is 3.38. The number of hydrogen-bond donors (Lipinski definition) is 2. The smallest absolute Gasteiger partial charge is 0.273 e. The number of benzene rings is 1. The summed E-state index contributed by atoms with van der Waals surface area (Å²) in [4.78, 5) is 19.5. The molecule has 1 amide bonds. The molecule has 5 rings (SSSR count). The van der Waals surface area contributed by atoms with Gasteiger partial charge in [0, 0.05) is 36.1 Å². The van der Waals surface area contributed by atoms with Crippen LogP contribution in [-0.4, -0.2) is 44.1 Å². The second-order valence-corrected chi connectivity index (χ2v) is 10.4. The van der Waals surface area contributed by atoms with Crippen LogP contribution in [0.1, 0.15) is 12.6 Å². The fourth-order valence-corrected chi connectivity index (χ4v) is 5.88. The maximum absolute atomic E-state index is 12.9. The summed E-state index contributed by atoms with van der Waals surface area (Å²) in [5, 5.41) is 15.8. The third-order valence-electron chi connectivity index (χ3n) is 4.90. The van der Waals surface area contributed by atoms with E-state index in [2.05, 4.69) is 35.3 Å². The van der Waals surface area contributed by atoms with Crippen LogP contribution in [-0.2, 0) is 14.8 Å². The van der Waals surface area contributed by atoms with Gasteiger partial charge in [-0.05, 0) is 43.3 Å². The molecule has 0 bridgehead atoms. The molecule has 35 heavy (non-hydrogen) atoms. The third-order valence-corrected chi connectivity index (χ3v) is 7.96. The van der Waals surface area contributed by atoms with Crippen molar-refractivity contribution in [2.75, 3.05) is 10.0 Å². The average molecular weight is 507 g/mol. The summed E-state index contributed by atoms with van der Waals surface area (Å²) in [6, 6.07) is 14.2. The molecule has 4 aromatic heterocycles. The molecule has 0 spiro atoms. The number of nitrogens with zero attached hydrogens (tertiary/aromatic N) is 6. The molecule has 1 aromatic carbocycles. The number of nitrogens with one attached hydrogen (secondary N) is 2. The van der Waals surface area contributed by atoms with Crippen molar-refractivity contribution in [1.29, 1.82) is 0 Å². The normalized spacial score (nSPS) is 11.5. The van der Waals surface area contributed by atoms with Crippen LogP contribution in [0, 0.1) is 6.92 Å². The molecule has 0 saturated carbocycles. The van der Waals surface area contributed by atoms with Crippen LogP contribution in [0.25, 0.3) is 28.3 Å². The van der Waals surface area contributed by atoms with E-state index < -0.39 is 10.0 Å². The van der Waals surface area contributed by atoms with Crippen LogP contribution >= 0.6 is 11.3 Å². The van der Waals surface area contributed by atoms with E-state index in [-0.39, 0.29) is 15.2 Å². The summed E-state index contributed by atoms with van der Waals surface area (Å²) in [5.41, 5.74) is 3.51. The zero-order chi connectivity index (χ0) is 24.6. The number of fused-ring (bicyclic) bond motifs is 1. The number of aryl methyl sites for hydroxylation is 1. The van der Waals surface area contributed by atoms with Crippen molar-refractivity contribution in [3.8, 4) is 22.6 Å². The third kappa shape index (κ3) is 4.58. The minimum atomic E-state index is -3.88. The molecule has 0 aliphatic rings. The summed E-state index contributed by atoms with van der Waals surface area (Å²) in [6.07, 6.45) is 3.37. The SMILES string of the molecule is CC(=O)Nc1nc(C)c(S(=O)(=O)Nc2ccc(-c3ccc4nnc(-c5cccnc5)n4n3)cc2)s1. The first-order chi connectivity index (χ1) is 16.8. The van der Waals surface area contributed by atoms with Crippen molar-refractivity contribution < 1.29 is 13.2 Å². The van der Waals surface area contributed by atoms with E-state index in [9.17, 15) is 13.2 Å². The largest absolute Gasteiger partial charge is 0.302 e. The molecule has 11 nitrogen and oxygen atoms in total. The highest BCUT2D eigenvalue weighted by molar-refractivity contribution is 7.94. The van der Waals surface area contributed by atoms with E-state index >= 15 is 0 Å². The van der Waals surface area contributed by atoms with Gasteiger partial charge in [0.05, 0.1) is 11.4 Å². The highest BCUT2D eigenvalue weighted by atomic mass is 32.2. The average Bonchev–Trinajstić information content (AvgIpc) is 3.42. The Kier molecular flexibility index (Phi) is 5.70. The molecule has 0 aliphatic carbocycles. The van der Waals surface area contributed by atoms with E-state index in [4.69, 9.17) is 0 Å². The lowest BCUT2D eigenvalue weighted by Gasteiger charge is -2.08. The molecule has 0 unspecified atom stereocenters. The van der Waals surface area contributed by atoms with Gasteiger partial charge in [-0.2, -0.15) is 9.61 Å². The highest BCUT2D eigenvalue weighted by Gasteiger charge is 2.22. The molecule has 176 valence electrons. The van der Waals surface area contributed by atoms with Gasteiger partial charge in [-0.25, -0.2) is 13.4 Å². The molecular formula is C22H18N8O3S2. The zero-order valence-corrected chi connectivity index (χ0v) is 20.1. The van der Waals surface area contributed by atoms with Crippen molar-refractivity contribution in [1.82, 2.24) is 29.8 Å². The van der Waals surface area contributed by atoms with Gasteiger partial charge < -0.3 is 5.32 Å². The lowest BCUT2D eigenvalue weighted by molar-refractivity contribution is -0.114. The minimum Gasteiger partial charge on any atom is -0.302 e. The van der Waals surface area contributed by atoms with Crippen molar-refractivity contribution in [3.05, 3.63) is 66.6 Å². The number of amides is 1. The van der Waals surface area contributed by atoms with Gasteiger partial charge in [-0.3, -0.25) is 14.5 Å². The van der Waals surface area contributed by atoms with Crippen molar-refractivity contribution in [2.45, 2.75) is 18.1 Å². The number of hydrogen-bond acceptors (Lipinski definition) is 9. The monoisotopic (exact) mass is 506 g/mol. The second-order valence-electron chi connectivity index (χ2n) is 7.51. The first-order valence-electron chi connectivity index (χ1n) is 10.3.